The van der Waals surface area contributed by atoms with Gasteiger partial charge in [0.15, 0.2) is 11.5 Å². The highest BCUT2D eigenvalue weighted by Crippen LogP contribution is 2.58. The predicted molar refractivity (Wildman–Crippen MR) is 80.9 cm³/mol. The molecule has 0 spiro atoms. The van der Waals surface area contributed by atoms with Crippen LogP contribution in [0.5, 0.6) is 17.2 Å². The number of aliphatic hydroxyl groups excluding tert-OH is 2. The van der Waals surface area contributed by atoms with Crippen molar-refractivity contribution in [3.8, 4) is 17.2 Å². The fourth-order valence-corrected chi connectivity index (χ4v) is 5.30. The number of benzene rings is 1. The average molecular weight is 319 g/mol. The normalized spacial score (nSPS) is 39.8. The van der Waals surface area contributed by atoms with E-state index in [1.165, 1.54) is 0 Å². The van der Waals surface area contributed by atoms with E-state index in [4.69, 9.17) is 14.2 Å². The summed E-state index contributed by atoms with van der Waals surface area (Å²) < 4.78 is 16.8. The maximum atomic E-state index is 10.9. The minimum absolute atomic E-state index is 0.194. The molecule has 1 aromatic carbocycles. The number of ether oxygens (including phenoxy) is 3. The highest BCUT2D eigenvalue weighted by atomic mass is 16.7. The topological polar surface area (TPSA) is 71.4 Å². The lowest BCUT2D eigenvalue weighted by Crippen LogP contribution is -2.60. The maximum absolute atomic E-state index is 10.9. The number of rotatable bonds is 1. The second-order valence-electron chi connectivity index (χ2n) is 7.04. The lowest BCUT2D eigenvalue weighted by molar-refractivity contribution is -0.0811. The molecule has 5 atom stereocenters. The highest BCUT2D eigenvalue weighted by Gasteiger charge is 2.60. The lowest BCUT2D eigenvalue weighted by atomic mass is 9.61. The Kier molecular flexibility index (Phi) is 2.73. The summed E-state index contributed by atoms with van der Waals surface area (Å²) in [7, 11) is 1.64. The van der Waals surface area contributed by atoms with Crippen molar-refractivity contribution in [1.29, 1.82) is 0 Å². The van der Waals surface area contributed by atoms with Gasteiger partial charge in [0.2, 0.25) is 12.5 Å². The van der Waals surface area contributed by atoms with E-state index in [9.17, 15) is 10.2 Å². The van der Waals surface area contributed by atoms with Gasteiger partial charge in [-0.1, -0.05) is 0 Å². The summed E-state index contributed by atoms with van der Waals surface area (Å²) in [6, 6.07) is 2.29. The van der Waals surface area contributed by atoms with Crippen molar-refractivity contribution in [2.45, 2.75) is 49.5 Å². The molecule has 1 saturated heterocycles. The van der Waals surface area contributed by atoms with Crippen LogP contribution in [0.15, 0.2) is 6.07 Å². The lowest BCUT2D eigenvalue weighted by Gasteiger charge is -2.51. The fourth-order valence-electron chi connectivity index (χ4n) is 5.30. The van der Waals surface area contributed by atoms with Crippen LogP contribution < -0.4 is 14.2 Å². The Morgan fingerprint density at radius 2 is 2.17 bits per heavy atom. The summed E-state index contributed by atoms with van der Waals surface area (Å²) in [5.74, 6) is 2.06. The predicted octanol–water partition coefficient (Wildman–Crippen LogP) is 0.765. The Morgan fingerprint density at radius 3 is 3.00 bits per heavy atom. The highest BCUT2D eigenvalue weighted by molar-refractivity contribution is 5.63. The van der Waals surface area contributed by atoms with Crippen molar-refractivity contribution in [1.82, 2.24) is 4.90 Å². The molecule has 0 radical (unpaired) electrons. The van der Waals surface area contributed by atoms with Crippen LogP contribution in [-0.4, -0.2) is 53.8 Å². The fraction of sp³-hybridized carbons (Fsp3) is 0.647. The van der Waals surface area contributed by atoms with Gasteiger partial charge in [0.25, 0.3) is 0 Å². The van der Waals surface area contributed by atoms with Gasteiger partial charge in [-0.2, -0.15) is 0 Å². The van der Waals surface area contributed by atoms with Crippen LogP contribution in [0.1, 0.15) is 30.4 Å². The van der Waals surface area contributed by atoms with Crippen LogP contribution in [0.2, 0.25) is 0 Å². The Labute approximate surface area is 134 Å². The van der Waals surface area contributed by atoms with Gasteiger partial charge >= 0.3 is 0 Å². The van der Waals surface area contributed by atoms with Crippen molar-refractivity contribution in [3.05, 3.63) is 17.2 Å². The molecule has 0 aromatic heterocycles. The van der Waals surface area contributed by atoms with E-state index in [0.717, 1.165) is 37.1 Å². The molecule has 1 aliphatic carbocycles. The molecular formula is C17H21NO5. The van der Waals surface area contributed by atoms with Gasteiger partial charge in [-0.3, -0.25) is 4.90 Å². The largest absolute Gasteiger partial charge is 0.492 e. The van der Waals surface area contributed by atoms with Crippen LogP contribution in [0, 0.1) is 0 Å². The third-order valence-corrected chi connectivity index (χ3v) is 6.27. The molecule has 124 valence electrons. The summed E-state index contributed by atoms with van der Waals surface area (Å²) in [5.41, 5.74) is 1.71. The summed E-state index contributed by atoms with van der Waals surface area (Å²) in [4.78, 5) is 2.42. The molecule has 23 heavy (non-hydrogen) atoms. The zero-order valence-electron chi connectivity index (χ0n) is 13.1. The second-order valence-corrected chi connectivity index (χ2v) is 7.04. The molecule has 0 amide bonds. The number of aliphatic hydroxyl groups is 2. The summed E-state index contributed by atoms with van der Waals surface area (Å²) in [5, 5.41) is 21.2. The van der Waals surface area contributed by atoms with Gasteiger partial charge in [-0.25, -0.2) is 0 Å². The molecule has 5 unspecified atom stereocenters. The molecule has 2 fully saturated rings. The molecular weight excluding hydrogens is 298 g/mol. The maximum Gasteiger partial charge on any atom is 0.231 e. The molecule has 4 aliphatic rings. The van der Waals surface area contributed by atoms with Crippen LogP contribution in [0.25, 0.3) is 0 Å². The molecule has 6 heteroatoms. The van der Waals surface area contributed by atoms with Crippen molar-refractivity contribution in [3.63, 3.8) is 0 Å². The monoisotopic (exact) mass is 319 g/mol. The first kappa shape index (κ1) is 13.9. The van der Waals surface area contributed by atoms with E-state index in [-0.39, 0.29) is 12.8 Å². The number of nitrogens with zero attached hydrogens (tertiary/aromatic N) is 1. The summed E-state index contributed by atoms with van der Waals surface area (Å²) in [6.07, 6.45) is 0.991. The first-order chi connectivity index (χ1) is 11.2. The van der Waals surface area contributed by atoms with E-state index >= 15 is 0 Å². The number of hydrogen-bond acceptors (Lipinski definition) is 6. The zero-order chi connectivity index (χ0) is 15.8. The third-order valence-electron chi connectivity index (χ3n) is 6.27. The van der Waals surface area contributed by atoms with Crippen molar-refractivity contribution < 1.29 is 24.4 Å². The molecule has 2 bridgehead atoms. The second kappa shape index (κ2) is 4.53. The first-order valence-electron chi connectivity index (χ1n) is 8.27. The van der Waals surface area contributed by atoms with Crippen molar-refractivity contribution in [2.24, 2.45) is 0 Å². The van der Waals surface area contributed by atoms with Gasteiger partial charge in [0.05, 0.1) is 19.3 Å². The van der Waals surface area contributed by atoms with E-state index in [1.807, 2.05) is 6.07 Å². The Balaban J connectivity index is 1.77. The van der Waals surface area contributed by atoms with Crippen molar-refractivity contribution >= 4 is 0 Å². The molecule has 3 aliphatic heterocycles. The third kappa shape index (κ3) is 1.54. The molecule has 5 rings (SSSR count). The Hall–Kier alpha value is -1.50. The Morgan fingerprint density at radius 1 is 1.30 bits per heavy atom. The molecule has 2 N–H and O–H groups in total. The molecule has 1 saturated carbocycles. The SMILES string of the molecule is COc1c2c(cc3c1OCO3)C13CCN(C2)C1CCC(O)C3O. The van der Waals surface area contributed by atoms with E-state index in [1.54, 1.807) is 7.11 Å². The van der Waals surface area contributed by atoms with Crippen LogP contribution in [-0.2, 0) is 12.0 Å². The quantitative estimate of drug-likeness (QED) is 0.796. The smallest absolute Gasteiger partial charge is 0.231 e. The van der Waals surface area contributed by atoms with Crippen LogP contribution >= 0.6 is 0 Å². The number of hydrogen-bond donors (Lipinski definition) is 2. The molecule has 6 nitrogen and oxygen atoms in total. The van der Waals surface area contributed by atoms with E-state index in [0.29, 0.717) is 23.7 Å². The number of methoxy groups -OCH3 is 1. The van der Waals surface area contributed by atoms with Gasteiger partial charge in [-0.15, -0.1) is 0 Å². The number of fused-ring (bicyclic) bond motifs is 2. The van der Waals surface area contributed by atoms with Gasteiger partial charge < -0.3 is 24.4 Å². The Bertz CT molecular complexity index is 677. The summed E-state index contributed by atoms with van der Waals surface area (Å²) >= 11 is 0. The molecule has 1 aromatic rings. The minimum Gasteiger partial charge on any atom is -0.492 e. The first-order valence-corrected chi connectivity index (χ1v) is 8.27. The minimum atomic E-state index is -0.754. The van der Waals surface area contributed by atoms with Crippen molar-refractivity contribution in [2.75, 3.05) is 20.4 Å². The molecule has 3 heterocycles. The van der Waals surface area contributed by atoms with Crippen LogP contribution in [0.4, 0.5) is 0 Å². The standard InChI is InChI=1S/C17H21NO5/c1-21-14-9-7-18-5-4-17(13(18)3-2-11(19)16(17)20)10(9)6-12-15(14)23-8-22-12/h6,11,13,16,19-20H,2-5,7-8H2,1H3. The van der Waals surface area contributed by atoms with Gasteiger partial charge in [-0.05, 0) is 37.4 Å². The average Bonchev–Trinajstić information content (AvgIpc) is 3.12. The van der Waals surface area contributed by atoms with Gasteiger partial charge in [0.1, 0.15) is 0 Å². The van der Waals surface area contributed by atoms with Crippen LogP contribution in [0.3, 0.4) is 0 Å². The van der Waals surface area contributed by atoms with E-state index < -0.39 is 17.6 Å². The zero-order valence-corrected chi connectivity index (χ0v) is 13.1. The summed E-state index contributed by atoms with van der Waals surface area (Å²) in [6.45, 7) is 1.92. The van der Waals surface area contributed by atoms with Gasteiger partial charge in [0, 0.05) is 23.6 Å². The van der Waals surface area contributed by atoms with E-state index in [2.05, 4.69) is 4.90 Å².